The summed E-state index contributed by atoms with van der Waals surface area (Å²) < 4.78 is 5.45. The summed E-state index contributed by atoms with van der Waals surface area (Å²) in [6.45, 7) is 0.338. The molecule has 0 fully saturated rings. The van der Waals surface area contributed by atoms with Crippen LogP contribution in [0.5, 0.6) is 5.75 Å². The Morgan fingerprint density at radius 3 is 2.00 bits per heavy atom. The number of anilines is 1. The summed E-state index contributed by atoms with van der Waals surface area (Å²) in [6, 6.07) is 27.1. The highest BCUT2D eigenvalue weighted by Gasteiger charge is 2.24. The monoisotopic (exact) mass is 537 g/mol. The van der Waals surface area contributed by atoms with Crippen molar-refractivity contribution >= 4 is 23.6 Å². The van der Waals surface area contributed by atoms with Crippen LogP contribution in [0, 0.1) is 0 Å². The fraction of sp³-hybridized carbons (Fsp3) is 0.188. The van der Waals surface area contributed by atoms with Crippen molar-refractivity contribution in [3.63, 3.8) is 0 Å². The van der Waals surface area contributed by atoms with Gasteiger partial charge in [-0.15, -0.1) is 0 Å². The molecule has 3 aromatic carbocycles. The number of carboxylic acid groups (broad SMARTS) is 1. The van der Waals surface area contributed by atoms with Gasteiger partial charge in [0.15, 0.2) is 0 Å². The molecule has 0 atom stereocenters. The summed E-state index contributed by atoms with van der Waals surface area (Å²) >= 11 is 0. The third kappa shape index (κ3) is 6.53. The number of carbonyl (C=O) groups excluding carboxylic acids is 2. The molecule has 0 unspecified atom stereocenters. The maximum atomic E-state index is 14.0. The van der Waals surface area contributed by atoms with Crippen molar-refractivity contribution in [3.05, 3.63) is 114 Å². The van der Waals surface area contributed by atoms with Gasteiger partial charge in [-0.05, 0) is 53.4 Å². The van der Waals surface area contributed by atoms with Crippen LogP contribution < -0.4 is 9.64 Å². The minimum atomic E-state index is -0.989. The number of aliphatic carboxylic acids is 1. The summed E-state index contributed by atoms with van der Waals surface area (Å²) in [4.78, 5) is 46.2. The lowest BCUT2D eigenvalue weighted by atomic mass is 9.94. The van der Waals surface area contributed by atoms with E-state index in [4.69, 9.17) is 4.74 Å². The van der Waals surface area contributed by atoms with Gasteiger partial charge in [0.25, 0.3) is 11.8 Å². The molecule has 4 rings (SSSR count). The number of nitrogens with zero attached hydrogens (tertiary/aromatic N) is 3. The highest BCUT2D eigenvalue weighted by Crippen LogP contribution is 2.30. The lowest BCUT2D eigenvalue weighted by Gasteiger charge is -2.24. The average molecular weight is 538 g/mol. The summed E-state index contributed by atoms with van der Waals surface area (Å²) in [6.07, 6.45) is 1.92. The largest absolute Gasteiger partial charge is 0.496 e. The molecule has 0 bridgehead atoms. The smallest absolute Gasteiger partial charge is 0.305 e. The Hall–Kier alpha value is -4.98. The molecule has 2 amide bonds. The molecule has 0 spiro atoms. The van der Waals surface area contributed by atoms with Gasteiger partial charge in [-0.1, -0.05) is 60.7 Å². The molecule has 204 valence electrons. The Bertz CT molecular complexity index is 1490. The average Bonchev–Trinajstić information content (AvgIpc) is 3.00. The summed E-state index contributed by atoms with van der Waals surface area (Å²) in [7, 11) is 3.25. The maximum Gasteiger partial charge on any atom is 0.305 e. The zero-order valence-electron chi connectivity index (χ0n) is 22.5. The quantitative estimate of drug-likeness (QED) is 0.283. The number of methoxy groups -OCH3 is 1. The van der Waals surface area contributed by atoms with Gasteiger partial charge in [-0.25, -0.2) is 4.98 Å². The van der Waals surface area contributed by atoms with Crippen LogP contribution in [-0.2, 0) is 11.2 Å². The maximum absolute atomic E-state index is 14.0. The van der Waals surface area contributed by atoms with Crippen molar-refractivity contribution in [1.82, 2.24) is 9.88 Å². The second kappa shape index (κ2) is 13.2. The minimum Gasteiger partial charge on any atom is -0.496 e. The van der Waals surface area contributed by atoms with Crippen LogP contribution in [0.1, 0.15) is 32.7 Å². The molecule has 0 saturated heterocycles. The van der Waals surface area contributed by atoms with Crippen LogP contribution in [0.25, 0.3) is 11.1 Å². The highest BCUT2D eigenvalue weighted by molar-refractivity contribution is 6.11. The zero-order chi connectivity index (χ0) is 28.5. The van der Waals surface area contributed by atoms with Gasteiger partial charge >= 0.3 is 5.97 Å². The fourth-order valence-electron chi connectivity index (χ4n) is 4.53. The van der Waals surface area contributed by atoms with Crippen molar-refractivity contribution in [3.8, 4) is 16.9 Å². The second-order valence-corrected chi connectivity index (χ2v) is 9.14. The van der Waals surface area contributed by atoms with E-state index in [0.29, 0.717) is 46.8 Å². The number of hydrogen-bond acceptors (Lipinski definition) is 5. The first-order valence-corrected chi connectivity index (χ1v) is 12.9. The molecule has 0 saturated carbocycles. The molecule has 1 aromatic heterocycles. The van der Waals surface area contributed by atoms with Crippen molar-refractivity contribution in [2.45, 2.75) is 12.8 Å². The number of ether oxygens (including phenoxy) is 1. The van der Waals surface area contributed by atoms with Gasteiger partial charge in [0.2, 0.25) is 0 Å². The highest BCUT2D eigenvalue weighted by atomic mass is 16.5. The number of benzene rings is 3. The van der Waals surface area contributed by atoms with E-state index < -0.39 is 5.97 Å². The number of carbonyl (C=O) groups is 3. The van der Waals surface area contributed by atoms with E-state index in [-0.39, 0.29) is 24.8 Å². The topological polar surface area (TPSA) is 100 Å². The molecular weight excluding hydrogens is 506 g/mol. The Morgan fingerprint density at radius 2 is 1.38 bits per heavy atom. The third-order valence-corrected chi connectivity index (χ3v) is 6.63. The Morgan fingerprint density at radius 1 is 0.775 bits per heavy atom. The van der Waals surface area contributed by atoms with E-state index in [0.717, 1.165) is 5.56 Å². The molecule has 1 heterocycles. The molecule has 0 aliphatic rings. The molecule has 0 aliphatic carbocycles. The van der Waals surface area contributed by atoms with Crippen molar-refractivity contribution in [1.29, 1.82) is 0 Å². The normalized spacial score (nSPS) is 10.6. The molecule has 4 aromatic rings. The number of aromatic nitrogens is 1. The lowest BCUT2D eigenvalue weighted by molar-refractivity contribution is -0.137. The molecule has 8 heteroatoms. The Balaban J connectivity index is 1.68. The standard InChI is InChI=1S/C32H31N3O5/c1-34(29-17-9-10-20-33-29)31(38)26-14-6-4-12-24(26)25-13-5-7-15-27(25)32(39)35(22-19-30(36)37)21-18-23-11-3-8-16-28(23)40-2/h3-17,20H,18-19,21-22H2,1-2H3,(H,36,37). The van der Waals surface area contributed by atoms with Gasteiger partial charge in [0.05, 0.1) is 13.5 Å². The first-order valence-electron chi connectivity index (χ1n) is 12.9. The van der Waals surface area contributed by atoms with E-state index >= 15 is 0 Å². The number of amides is 2. The fourth-order valence-corrected chi connectivity index (χ4v) is 4.53. The molecule has 40 heavy (non-hydrogen) atoms. The number of rotatable bonds is 11. The first kappa shape index (κ1) is 28.0. The van der Waals surface area contributed by atoms with Gasteiger partial charge in [-0.3, -0.25) is 19.3 Å². The third-order valence-electron chi connectivity index (χ3n) is 6.63. The van der Waals surface area contributed by atoms with Crippen LogP contribution >= 0.6 is 0 Å². The summed E-state index contributed by atoms with van der Waals surface area (Å²) in [5.41, 5.74) is 2.90. The Kier molecular flexibility index (Phi) is 9.25. The van der Waals surface area contributed by atoms with E-state index in [1.54, 1.807) is 67.7 Å². The van der Waals surface area contributed by atoms with Crippen LogP contribution in [0.2, 0.25) is 0 Å². The second-order valence-electron chi connectivity index (χ2n) is 9.14. The van der Waals surface area contributed by atoms with Crippen molar-refractivity contribution < 1.29 is 24.2 Å². The number of hydrogen-bond donors (Lipinski definition) is 1. The van der Waals surface area contributed by atoms with Gasteiger partial charge < -0.3 is 14.7 Å². The SMILES string of the molecule is COc1ccccc1CCN(CCC(=O)O)C(=O)c1ccccc1-c1ccccc1C(=O)N(C)c1ccccn1. The lowest BCUT2D eigenvalue weighted by Crippen LogP contribution is -2.35. The number of carboxylic acids is 1. The Labute approximate surface area is 233 Å². The molecule has 0 aliphatic heterocycles. The van der Waals surface area contributed by atoms with Crippen LogP contribution in [-0.4, -0.2) is 60.0 Å². The van der Waals surface area contributed by atoms with Crippen LogP contribution in [0.4, 0.5) is 5.82 Å². The van der Waals surface area contributed by atoms with E-state index in [1.165, 1.54) is 4.90 Å². The van der Waals surface area contributed by atoms with Crippen molar-refractivity contribution in [2.75, 3.05) is 32.1 Å². The molecular formula is C32H31N3O5. The summed E-state index contributed by atoms with van der Waals surface area (Å²) in [5.74, 6) is -0.361. The van der Waals surface area contributed by atoms with Crippen molar-refractivity contribution in [2.24, 2.45) is 0 Å². The molecule has 8 nitrogen and oxygen atoms in total. The van der Waals surface area contributed by atoms with Crippen LogP contribution in [0.15, 0.2) is 97.2 Å². The first-order chi connectivity index (χ1) is 19.4. The van der Waals surface area contributed by atoms with E-state index in [2.05, 4.69) is 4.98 Å². The number of pyridine rings is 1. The van der Waals surface area contributed by atoms with Crippen LogP contribution in [0.3, 0.4) is 0 Å². The molecule has 1 N–H and O–H groups in total. The summed E-state index contributed by atoms with van der Waals surface area (Å²) in [5, 5.41) is 9.35. The van der Waals surface area contributed by atoms with Gasteiger partial charge in [0, 0.05) is 37.5 Å². The van der Waals surface area contributed by atoms with E-state index in [9.17, 15) is 19.5 Å². The predicted molar refractivity (Wildman–Crippen MR) is 154 cm³/mol. The minimum absolute atomic E-state index is 0.0423. The van der Waals surface area contributed by atoms with Gasteiger partial charge in [-0.2, -0.15) is 0 Å². The molecule has 0 radical (unpaired) electrons. The van der Waals surface area contributed by atoms with Gasteiger partial charge in [0.1, 0.15) is 11.6 Å². The predicted octanol–water partition coefficient (Wildman–Crippen LogP) is 5.19. The zero-order valence-corrected chi connectivity index (χ0v) is 22.5. The van der Waals surface area contributed by atoms with E-state index in [1.807, 2.05) is 48.5 Å². The number of para-hydroxylation sites is 1.